The molecule has 2 unspecified atom stereocenters. The number of benzene rings is 1. The minimum Gasteiger partial charge on any atom is -0.326 e. The van der Waals surface area contributed by atoms with E-state index in [0.717, 1.165) is 29.3 Å². The van der Waals surface area contributed by atoms with Crippen molar-refractivity contribution in [1.29, 1.82) is 0 Å². The van der Waals surface area contributed by atoms with Gasteiger partial charge < -0.3 is 10.6 Å². The summed E-state index contributed by atoms with van der Waals surface area (Å²) in [5.74, 6) is 1.11. The van der Waals surface area contributed by atoms with Crippen LogP contribution in [-0.2, 0) is 4.79 Å². The van der Waals surface area contributed by atoms with E-state index >= 15 is 0 Å². The fourth-order valence-electron chi connectivity index (χ4n) is 3.13. The van der Waals surface area contributed by atoms with Crippen molar-refractivity contribution >= 4 is 35.3 Å². The number of carbonyl (C=O) groups is 1. The molecule has 1 aliphatic heterocycles. The Labute approximate surface area is 153 Å². The Morgan fingerprint density at radius 3 is 3.08 bits per heavy atom. The van der Waals surface area contributed by atoms with Gasteiger partial charge in [0.25, 0.3) is 0 Å². The third-order valence-electron chi connectivity index (χ3n) is 4.47. The van der Waals surface area contributed by atoms with E-state index in [9.17, 15) is 4.79 Å². The number of amides is 1. The van der Waals surface area contributed by atoms with Gasteiger partial charge in [-0.3, -0.25) is 4.79 Å². The van der Waals surface area contributed by atoms with Crippen molar-refractivity contribution in [1.82, 2.24) is 10.3 Å². The first kappa shape index (κ1) is 18.9. The zero-order chi connectivity index (χ0) is 16.1. The predicted molar refractivity (Wildman–Crippen MR) is 103 cm³/mol. The maximum atomic E-state index is 12.3. The molecule has 6 heteroatoms. The molecule has 0 spiro atoms. The van der Waals surface area contributed by atoms with Gasteiger partial charge in [0.2, 0.25) is 5.91 Å². The first-order valence-corrected chi connectivity index (χ1v) is 9.11. The molecule has 130 valence electrons. The Balaban J connectivity index is 0.00000208. The van der Waals surface area contributed by atoms with Gasteiger partial charge in [0.15, 0.2) is 0 Å². The van der Waals surface area contributed by atoms with Crippen molar-refractivity contribution in [2.75, 3.05) is 18.4 Å². The summed E-state index contributed by atoms with van der Waals surface area (Å²) in [5.41, 5.74) is 1.89. The Morgan fingerprint density at radius 1 is 1.50 bits per heavy atom. The molecule has 1 aromatic heterocycles. The first-order valence-electron chi connectivity index (χ1n) is 8.23. The van der Waals surface area contributed by atoms with E-state index in [1.54, 1.807) is 17.5 Å². The van der Waals surface area contributed by atoms with Gasteiger partial charge in [0.1, 0.15) is 5.01 Å². The Kier molecular flexibility index (Phi) is 7.21. The normalized spacial score (nSPS) is 18.5. The second kappa shape index (κ2) is 9.16. The number of nitrogens with zero attached hydrogens (tertiary/aromatic N) is 1. The maximum Gasteiger partial charge on any atom is 0.224 e. The molecule has 2 aromatic rings. The molecule has 0 bridgehead atoms. The van der Waals surface area contributed by atoms with Crippen molar-refractivity contribution in [3.05, 3.63) is 35.8 Å². The lowest BCUT2D eigenvalue weighted by molar-refractivity contribution is -0.117. The van der Waals surface area contributed by atoms with Crippen molar-refractivity contribution in [2.24, 2.45) is 11.8 Å². The summed E-state index contributed by atoms with van der Waals surface area (Å²) in [6, 6.07) is 7.90. The Hall–Kier alpha value is -1.43. The molecule has 0 saturated carbocycles. The number of aromatic nitrogens is 1. The summed E-state index contributed by atoms with van der Waals surface area (Å²) in [6.45, 7) is 4.33. The third kappa shape index (κ3) is 5.03. The summed E-state index contributed by atoms with van der Waals surface area (Å²) in [7, 11) is 0. The van der Waals surface area contributed by atoms with E-state index in [2.05, 4.69) is 22.5 Å². The average molecular weight is 366 g/mol. The van der Waals surface area contributed by atoms with Crippen molar-refractivity contribution in [2.45, 2.75) is 26.2 Å². The Bertz CT molecular complexity index is 641. The van der Waals surface area contributed by atoms with Gasteiger partial charge in [-0.2, -0.15) is 0 Å². The van der Waals surface area contributed by atoms with Gasteiger partial charge in [-0.25, -0.2) is 4.98 Å². The van der Waals surface area contributed by atoms with E-state index in [4.69, 9.17) is 0 Å². The van der Waals surface area contributed by atoms with Crippen LogP contribution in [0, 0.1) is 11.8 Å². The van der Waals surface area contributed by atoms with Gasteiger partial charge >= 0.3 is 0 Å². The number of thiazole rings is 1. The summed E-state index contributed by atoms with van der Waals surface area (Å²) < 4.78 is 0. The van der Waals surface area contributed by atoms with Gasteiger partial charge in [0, 0.05) is 29.2 Å². The van der Waals surface area contributed by atoms with Gasteiger partial charge in [-0.15, -0.1) is 23.7 Å². The second-order valence-corrected chi connectivity index (χ2v) is 7.15. The van der Waals surface area contributed by atoms with Crippen LogP contribution in [0.5, 0.6) is 0 Å². The smallest absolute Gasteiger partial charge is 0.224 e. The lowest BCUT2D eigenvalue weighted by Crippen LogP contribution is -2.34. The lowest BCUT2D eigenvalue weighted by atomic mass is 9.85. The van der Waals surface area contributed by atoms with E-state index in [-0.39, 0.29) is 18.3 Å². The number of piperidine rings is 1. The van der Waals surface area contributed by atoms with Crippen LogP contribution in [0.15, 0.2) is 35.8 Å². The summed E-state index contributed by atoms with van der Waals surface area (Å²) >= 11 is 1.60. The number of carbonyl (C=O) groups excluding carboxylic acids is 1. The SMILES string of the molecule is CC(CC(=O)Nc1cccc(-c2nccs2)c1)C1CCCNC1.Cl. The number of hydrogen-bond acceptors (Lipinski definition) is 4. The molecule has 1 fully saturated rings. The van der Waals surface area contributed by atoms with Crippen LogP contribution in [0.3, 0.4) is 0 Å². The monoisotopic (exact) mass is 365 g/mol. The van der Waals surface area contributed by atoms with Crippen LogP contribution in [0.1, 0.15) is 26.2 Å². The standard InChI is InChI=1S/C18H23N3OS.ClH/c1-13(15-5-3-7-19-12-15)10-17(22)21-16-6-2-4-14(11-16)18-20-8-9-23-18;/h2,4,6,8-9,11,13,15,19H,3,5,7,10,12H2,1H3,(H,21,22);1H. The van der Waals surface area contributed by atoms with Gasteiger partial charge in [-0.05, 0) is 49.9 Å². The van der Waals surface area contributed by atoms with Crippen LogP contribution in [0.25, 0.3) is 10.6 Å². The molecule has 2 atom stereocenters. The predicted octanol–water partition coefficient (Wildman–Crippen LogP) is 4.20. The minimum absolute atomic E-state index is 0. The number of halogens is 1. The largest absolute Gasteiger partial charge is 0.326 e. The van der Waals surface area contributed by atoms with Crippen LogP contribution in [0.2, 0.25) is 0 Å². The molecule has 0 radical (unpaired) electrons. The molecular weight excluding hydrogens is 342 g/mol. The average Bonchev–Trinajstić information content (AvgIpc) is 3.10. The van der Waals surface area contributed by atoms with E-state index in [1.807, 2.05) is 29.6 Å². The molecular formula is C18H24ClN3OS. The van der Waals surface area contributed by atoms with E-state index in [1.165, 1.54) is 12.8 Å². The van der Waals surface area contributed by atoms with Crippen molar-refractivity contribution in [3.8, 4) is 10.6 Å². The number of anilines is 1. The van der Waals surface area contributed by atoms with Crippen molar-refractivity contribution in [3.63, 3.8) is 0 Å². The van der Waals surface area contributed by atoms with Crippen LogP contribution in [0.4, 0.5) is 5.69 Å². The number of nitrogens with one attached hydrogen (secondary N) is 2. The molecule has 1 aliphatic rings. The topological polar surface area (TPSA) is 54.0 Å². The van der Waals surface area contributed by atoms with Gasteiger partial charge in [-0.1, -0.05) is 19.1 Å². The zero-order valence-corrected chi connectivity index (χ0v) is 15.5. The maximum absolute atomic E-state index is 12.3. The van der Waals surface area contributed by atoms with E-state index in [0.29, 0.717) is 18.3 Å². The molecule has 1 aromatic carbocycles. The highest BCUT2D eigenvalue weighted by atomic mass is 35.5. The minimum atomic E-state index is 0. The highest BCUT2D eigenvalue weighted by Crippen LogP contribution is 2.26. The molecule has 1 saturated heterocycles. The molecule has 0 aliphatic carbocycles. The van der Waals surface area contributed by atoms with Crippen LogP contribution in [-0.4, -0.2) is 24.0 Å². The van der Waals surface area contributed by atoms with E-state index < -0.39 is 0 Å². The van der Waals surface area contributed by atoms with Crippen LogP contribution < -0.4 is 10.6 Å². The third-order valence-corrected chi connectivity index (χ3v) is 5.29. The fourth-order valence-corrected chi connectivity index (χ4v) is 3.77. The highest BCUT2D eigenvalue weighted by Gasteiger charge is 2.22. The molecule has 2 N–H and O–H groups in total. The number of rotatable bonds is 5. The molecule has 3 rings (SSSR count). The summed E-state index contributed by atoms with van der Waals surface area (Å²) in [5, 5.41) is 9.39. The van der Waals surface area contributed by atoms with Crippen LogP contribution >= 0.6 is 23.7 Å². The molecule has 2 heterocycles. The van der Waals surface area contributed by atoms with Gasteiger partial charge in [0.05, 0.1) is 0 Å². The summed E-state index contributed by atoms with van der Waals surface area (Å²) in [4.78, 5) is 16.6. The lowest BCUT2D eigenvalue weighted by Gasteiger charge is -2.28. The summed E-state index contributed by atoms with van der Waals surface area (Å²) in [6.07, 6.45) is 4.81. The first-order chi connectivity index (χ1) is 11.2. The Morgan fingerprint density at radius 2 is 2.38 bits per heavy atom. The van der Waals surface area contributed by atoms with Crippen molar-refractivity contribution < 1.29 is 4.79 Å². The zero-order valence-electron chi connectivity index (χ0n) is 13.8. The fraction of sp³-hybridized carbons (Fsp3) is 0.444. The molecule has 1 amide bonds. The quantitative estimate of drug-likeness (QED) is 0.835. The second-order valence-electron chi connectivity index (χ2n) is 6.25. The number of hydrogen-bond donors (Lipinski definition) is 2. The highest BCUT2D eigenvalue weighted by molar-refractivity contribution is 7.13. The molecule has 24 heavy (non-hydrogen) atoms. The molecule has 4 nitrogen and oxygen atoms in total.